The van der Waals surface area contributed by atoms with Crippen LogP contribution in [0.2, 0.25) is 5.02 Å². The topological polar surface area (TPSA) is 120 Å². The van der Waals surface area contributed by atoms with Gasteiger partial charge in [0.25, 0.3) is 10.0 Å². The number of rotatable bonds is 4. The molecule has 14 heteroatoms. The number of benzene rings is 2. The zero-order valence-corrected chi connectivity index (χ0v) is 21.0. The molecule has 2 aromatic carbocycles. The van der Waals surface area contributed by atoms with Crippen molar-refractivity contribution in [2.75, 3.05) is 22.9 Å². The monoisotopic (exact) mass is 561 g/mol. The van der Waals surface area contributed by atoms with E-state index in [0.29, 0.717) is 23.7 Å². The van der Waals surface area contributed by atoms with E-state index < -0.39 is 26.4 Å². The second-order valence-electron chi connectivity index (χ2n) is 8.19. The number of aryl methyl sites for hydroxylation is 1. The zero-order chi connectivity index (χ0) is 26.3. The smallest absolute Gasteiger partial charge is 0.377 e. The highest BCUT2D eigenvalue weighted by atomic mass is 35.5. The van der Waals surface area contributed by atoms with Crippen molar-refractivity contribution in [1.82, 2.24) is 0 Å². The van der Waals surface area contributed by atoms with Gasteiger partial charge in [-0.1, -0.05) is 11.6 Å². The number of sulfonamides is 1. The summed E-state index contributed by atoms with van der Waals surface area (Å²) < 4.78 is 65.5. The lowest BCUT2D eigenvalue weighted by molar-refractivity contribution is -0.118. The highest BCUT2D eigenvalue weighted by Gasteiger charge is 2.38. The van der Waals surface area contributed by atoms with Gasteiger partial charge in [0, 0.05) is 30.9 Å². The molecule has 0 bridgehead atoms. The van der Waals surface area contributed by atoms with Crippen molar-refractivity contribution in [3.8, 4) is 0 Å². The average molecular weight is 562 g/mol. The Morgan fingerprint density at radius 2 is 1.89 bits per heavy atom. The average Bonchev–Trinajstić information content (AvgIpc) is 3.18. The van der Waals surface area contributed by atoms with Gasteiger partial charge in [-0.3, -0.25) is 10.2 Å². The van der Waals surface area contributed by atoms with Crippen LogP contribution in [0.25, 0.3) is 0 Å². The second-order valence-corrected chi connectivity index (χ2v) is 11.3. The molecule has 36 heavy (non-hydrogen) atoms. The second kappa shape index (κ2) is 9.94. The number of carbonyl (C=O) groups excluding carboxylic acids is 1. The van der Waals surface area contributed by atoms with Gasteiger partial charge in [-0.25, -0.2) is 0 Å². The number of alkyl halides is 3. The summed E-state index contributed by atoms with van der Waals surface area (Å²) in [6, 6.07) is 10.6. The third-order valence-corrected chi connectivity index (χ3v) is 8.26. The van der Waals surface area contributed by atoms with Crippen molar-refractivity contribution in [1.29, 1.82) is 5.41 Å². The Labute approximate surface area is 216 Å². The zero-order valence-electron chi connectivity index (χ0n) is 18.6. The molecule has 0 spiro atoms. The van der Waals surface area contributed by atoms with E-state index in [1.807, 2.05) is 12.1 Å². The van der Waals surface area contributed by atoms with Gasteiger partial charge < -0.3 is 15.5 Å². The lowest BCUT2D eigenvalue weighted by atomic mass is 9.99. The molecular formula is C22H23ClF3N5O3S2. The van der Waals surface area contributed by atoms with Gasteiger partial charge in [0.1, 0.15) is 6.04 Å². The van der Waals surface area contributed by atoms with Gasteiger partial charge in [-0.15, -0.1) is 4.40 Å². The van der Waals surface area contributed by atoms with Gasteiger partial charge >= 0.3 is 6.18 Å². The minimum Gasteiger partial charge on any atom is -0.377 e. The van der Waals surface area contributed by atoms with E-state index in [1.54, 1.807) is 11.0 Å². The number of thioether (sulfide) groups is 1. The third-order valence-electron chi connectivity index (χ3n) is 5.87. The SMILES string of the molecule is N=C(SC(N)=NS(=O)(=O)c1ccc(N2CC[C@H](N3CCCc4cc(Cl)ccc43)C2=O)cc1)C(F)(F)F.[HH]. The Kier molecular flexibility index (Phi) is 7.26. The van der Waals surface area contributed by atoms with Crippen LogP contribution in [0.3, 0.4) is 0 Å². The molecule has 1 fully saturated rings. The fourth-order valence-electron chi connectivity index (χ4n) is 4.28. The van der Waals surface area contributed by atoms with Crippen LogP contribution in [0.5, 0.6) is 0 Å². The van der Waals surface area contributed by atoms with Gasteiger partial charge in [-0.05, 0) is 79.1 Å². The van der Waals surface area contributed by atoms with Gasteiger partial charge in [-0.2, -0.15) is 21.6 Å². The van der Waals surface area contributed by atoms with Crippen molar-refractivity contribution < 1.29 is 27.8 Å². The van der Waals surface area contributed by atoms with Crippen LogP contribution in [0.1, 0.15) is 19.8 Å². The first-order valence-corrected chi connectivity index (χ1v) is 13.4. The Hall–Kier alpha value is -2.77. The number of fused-ring (bicyclic) bond motifs is 1. The molecule has 194 valence electrons. The number of anilines is 2. The summed E-state index contributed by atoms with van der Waals surface area (Å²) in [4.78, 5) is 16.6. The Morgan fingerprint density at radius 3 is 2.56 bits per heavy atom. The summed E-state index contributed by atoms with van der Waals surface area (Å²) in [5, 5.41) is 4.84. The number of carbonyl (C=O) groups is 1. The number of hydrogen-bond donors (Lipinski definition) is 2. The van der Waals surface area contributed by atoms with E-state index in [-0.39, 0.29) is 30.0 Å². The molecule has 2 aliphatic heterocycles. The quantitative estimate of drug-likeness (QED) is 0.421. The van der Waals surface area contributed by atoms with E-state index in [9.17, 15) is 26.4 Å². The summed E-state index contributed by atoms with van der Waals surface area (Å²) in [7, 11) is -4.41. The first kappa shape index (κ1) is 26.3. The fourth-order valence-corrected chi connectivity index (χ4v) is 6.06. The lowest BCUT2D eigenvalue weighted by Crippen LogP contribution is -2.44. The van der Waals surface area contributed by atoms with E-state index in [4.69, 9.17) is 22.7 Å². The van der Waals surface area contributed by atoms with E-state index in [0.717, 1.165) is 30.6 Å². The molecule has 0 unspecified atom stereocenters. The molecule has 1 saturated heterocycles. The van der Waals surface area contributed by atoms with Crippen LogP contribution >= 0.6 is 23.4 Å². The maximum absolute atomic E-state index is 13.3. The van der Waals surface area contributed by atoms with Crippen molar-refractivity contribution in [2.24, 2.45) is 10.1 Å². The number of nitrogens with two attached hydrogens (primary N) is 1. The number of hydrogen-bond acceptors (Lipinski definition) is 6. The van der Waals surface area contributed by atoms with Crippen LogP contribution in [-0.2, 0) is 21.2 Å². The number of amidine groups is 1. The van der Waals surface area contributed by atoms with E-state index >= 15 is 0 Å². The summed E-state index contributed by atoms with van der Waals surface area (Å²) in [6.45, 7) is 1.18. The Morgan fingerprint density at radius 1 is 1.19 bits per heavy atom. The number of nitrogens with zero attached hydrogens (tertiary/aromatic N) is 3. The molecule has 4 rings (SSSR count). The van der Waals surface area contributed by atoms with Gasteiger partial charge in [0.2, 0.25) is 5.91 Å². The van der Waals surface area contributed by atoms with Crippen LogP contribution in [0, 0.1) is 5.41 Å². The molecule has 8 nitrogen and oxygen atoms in total. The highest BCUT2D eigenvalue weighted by Crippen LogP contribution is 2.35. The first-order chi connectivity index (χ1) is 16.9. The largest absolute Gasteiger partial charge is 0.439 e. The molecule has 2 aliphatic rings. The predicted octanol–water partition coefficient (Wildman–Crippen LogP) is 4.42. The van der Waals surface area contributed by atoms with Crippen molar-refractivity contribution in [2.45, 2.75) is 36.4 Å². The van der Waals surface area contributed by atoms with Crippen molar-refractivity contribution in [3.63, 3.8) is 0 Å². The maximum atomic E-state index is 13.3. The molecule has 0 saturated carbocycles. The predicted molar refractivity (Wildman–Crippen MR) is 137 cm³/mol. The normalized spacial score (nSPS) is 18.9. The van der Waals surface area contributed by atoms with E-state index in [1.165, 1.54) is 24.3 Å². The number of amides is 1. The number of nitrogens with one attached hydrogen (secondary N) is 1. The molecule has 2 heterocycles. The van der Waals surface area contributed by atoms with Gasteiger partial charge in [0.05, 0.1) is 4.90 Å². The molecule has 0 aliphatic carbocycles. The van der Waals surface area contributed by atoms with Crippen LogP contribution in [0.15, 0.2) is 51.8 Å². The molecule has 3 N–H and O–H groups in total. The lowest BCUT2D eigenvalue weighted by Gasteiger charge is -2.35. The Balaban J connectivity index is 0.00000380. The van der Waals surface area contributed by atoms with E-state index in [2.05, 4.69) is 9.30 Å². The summed E-state index contributed by atoms with van der Waals surface area (Å²) in [5.41, 5.74) is 7.87. The van der Waals surface area contributed by atoms with Crippen molar-refractivity contribution in [3.05, 3.63) is 53.1 Å². The molecule has 1 amide bonds. The fraction of sp³-hybridized carbons (Fsp3) is 0.318. The van der Waals surface area contributed by atoms with Crippen molar-refractivity contribution >= 4 is 60.9 Å². The van der Waals surface area contributed by atoms with Crippen LogP contribution in [-0.4, -0.2) is 49.8 Å². The molecule has 2 aromatic rings. The summed E-state index contributed by atoms with van der Waals surface area (Å²) in [5.74, 6) is -0.113. The highest BCUT2D eigenvalue weighted by molar-refractivity contribution is 8.26. The summed E-state index contributed by atoms with van der Waals surface area (Å²) >= 11 is 5.82. The Bertz CT molecular complexity index is 1340. The number of halogens is 4. The molecular weight excluding hydrogens is 539 g/mol. The van der Waals surface area contributed by atoms with Crippen LogP contribution in [0.4, 0.5) is 24.5 Å². The minimum absolute atomic E-state index is 0. The third kappa shape index (κ3) is 5.47. The minimum atomic E-state index is -4.96. The molecule has 0 aromatic heterocycles. The first-order valence-electron chi connectivity index (χ1n) is 10.8. The maximum Gasteiger partial charge on any atom is 0.439 e. The summed E-state index contributed by atoms with van der Waals surface area (Å²) in [6.07, 6.45) is -2.59. The molecule has 1 atom stereocenters. The molecule has 0 radical (unpaired) electrons. The standard InChI is InChI=1S/C22H21ClF3N5O3S2.H2/c23-14-3-8-17-13(12-14)2-1-10-31(17)18-9-11-30(19(18)32)15-4-6-16(7-5-15)36(33,34)29-21(28)35-20(27)22(24,25)26;/h3-8,12,18,27H,1-2,9-11H2,(H2,28,29);1H/t18-;/m0./s1. The van der Waals surface area contributed by atoms with Crippen LogP contribution < -0.4 is 15.5 Å². The van der Waals surface area contributed by atoms with Gasteiger partial charge in [0.15, 0.2) is 10.2 Å².